The molecule has 2 heterocycles. The summed E-state index contributed by atoms with van der Waals surface area (Å²) in [6.07, 6.45) is 1.91. The van der Waals surface area contributed by atoms with Gasteiger partial charge >= 0.3 is 0 Å². The highest BCUT2D eigenvalue weighted by molar-refractivity contribution is 5.79. The number of benzene rings is 1. The Hall–Kier alpha value is -2.36. The molecule has 0 atom stereocenters. The maximum absolute atomic E-state index is 5.26. The molecule has 2 aromatic heterocycles. The molecule has 0 radical (unpaired) electrons. The minimum atomic E-state index is 0.434. The van der Waals surface area contributed by atoms with E-state index in [-0.39, 0.29) is 0 Å². The zero-order valence-electron chi connectivity index (χ0n) is 16.4. The predicted octanol–water partition coefficient (Wildman–Crippen LogP) is 5.52. The highest BCUT2D eigenvalue weighted by Gasteiger charge is 2.11. The van der Waals surface area contributed by atoms with Crippen LogP contribution in [0.2, 0.25) is 0 Å². The van der Waals surface area contributed by atoms with Gasteiger partial charge in [-0.2, -0.15) is 0 Å². The molecule has 0 unspecified atom stereocenters. The van der Waals surface area contributed by atoms with Gasteiger partial charge in [0.1, 0.15) is 11.6 Å². The van der Waals surface area contributed by atoms with E-state index in [1.165, 1.54) is 0 Å². The Kier molecular flexibility index (Phi) is 6.18. The lowest BCUT2D eigenvalue weighted by Crippen LogP contribution is -1.99. The Morgan fingerprint density at radius 2 is 1.68 bits per heavy atom. The number of methoxy groups -OCH3 is 1. The summed E-state index contributed by atoms with van der Waals surface area (Å²) >= 11 is 0. The highest BCUT2D eigenvalue weighted by atomic mass is 16.5. The maximum atomic E-state index is 5.26. The molecule has 4 heteroatoms. The molecule has 4 nitrogen and oxygen atoms in total. The third kappa shape index (κ3) is 4.59. The van der Waals surface area contributed by atoms with Gasteiger partial charge in [-0.05, 0) is 43.0 Å². The van der Waals surface area contributed by atoms with Crippen molar-refractivity contribution in [3.05, 3.63) is 48.0 Å². The van der Waals surface area contributed by atoms with Crippen molar-refractivity contribution in [2.45, 2.75) is 47.5 Å². The van der Waals surface area contributed by atoms with Crippen LogP contribution in [-0.2, 0) is 0 Å². The van der Waals surface area contributed by atoms with Crippen LogP contribution in [0.15, 0.2) is 36.5 Å². The zero-order chi connectivity index (χ0) is 18.6. The first-order chi connectivity index (χ1) is 11.8. The molecule has 0 amide bonds. The smallest absolute Gasteiger partial charge is 0.121 e. The summed E-state index contributed by atoms with van der Waals surface area (Å²) in [5.74, 6) is 3.03. The fraction of sp³-hybridized carbons (Fsp3) is 0.429. The molecule has 0 aliphatic heterocycles. The van der Waals surface area contributed by atoms with E-state index >= 15 is 0 Å². The molecule has 0 aliphatic rings. The van der Waals surface area contributed by atoms with E-state index in [0.29, 0.717) is 5.92 Å². The van der Waals surface area contributed by atoms with E-state index in [0.717, 1.165) is 39.9 Å². The van der Waals surface area contributed by atoms with Crippen molar-refractivity contribution in [3.8, 4) is 11.4 Å². The number of fused-ring (bicyclic) bond motifs is 1. The number of rotatable bonds is 3. The lowest BCUT2D eigenvalue weighted by molar-refractivity contribution is 0.415. The first-order valence-electron chi connectivity index (χ1n) is 8.83. The molecule has 3 aromatic rings. The molecular formula is C21H29N3O. The number of imidazole rings is 1. The van der Waals surface area contributed by atoms with E-state index in [4.69, 9.17) is 4.74 Å². The number of ether oxygens (including phenoxy) is 1. The fourth-order valence-corrected chi connectivity index (χ4v) is 2.50. The molecule has 0 saturated carbocycles. The summed E-state index contributed by atoms with van der Waals surface area (Å²) in [5.41, 5.74) is 4.12. The second-order valence-corrected chi connectivity index (χ2v) is 7.18. The van der Waals surface area contributed by atoms with E-state index in [1.54, 1.807) is 7.11 Å². The van der Waals surface area contributed by atoms with E-state index in [1.807, 2.05) is 31.3 Å². The van der Waals surface area contributed by atoms with Crippen LogP contribution < -0.4 is 4.74 Å². The van der Waals surface area contributed by atoms with E-state index in [9.17, 15) is 0 Å². The normalized spacial score (nSPS) is 10.9. The van der Waals surface area contributed by atoms with Gasteiger partial charge in [0, 0.05) is 11.8 Å². The van der Waals surface area contributed by atoms with Crippen LogP contribution in [0.1, 0.15) is 52.1 Å². The number of aromatic nitrogens is 3. The number of hydrogen-bond acceptors (Lipinski definition) is 3. The van der Waals surface area contributed by atoms with Crippen molar-refractivity contribution in [1.82, 2.24) is 14.5 Å². The van der Waals surface area contributed by atoms with Gasteiger partial charge in [0.05, 0.1) is 30.0 Å². The third-order valence-corrected chi connectivity index (χ3v) is 3.65. The van der Waals surface area contributed by atoms with Crippen LogP contribution >= 0.6 is 0 Å². The lowest BCUT2D eigenvalue weighted by atomic mass is 10.1. The number of nitrogens with zero attached hydrogens (tertiary/aromatic N) is 3. The number of aryl methyl sites for hydroxylation is 1. The molecule has 134 valence electrons. The van der Waals surface area contributed by atoms with Gasteiger partial charge in [0.2, 0.25) is 0 Å². The van der Waals surface area contributed by atoms with Crippen molar-refractivity contribution < 1.29 is 4.74 Å². The molecule has 0 fully saturated rings. The molecule has 1 aromatic carbocycles. The molecule has 0 aliphatic carbocycles. The second kappa shape index (κ2) is 8.15. The van der Waals surface area contributed by atoms with Gasteiger partial charge in [0.25, 0.3) is 0 Å². The topological polar surface area (TPSA) is 39.9 Å². The summed E-state index contributed by atoms with van der Waals surface area (Å²) < 4.78 is 7.37. The van der Waals surface area contributed by atoms with E-state index < -0.39 is 0 Å². The molecule has 0 N–H and O–H groups in total. The van der Waals surface area contributed by atoms with Crippen LogP contribution in [0.3, 0.4) is 0 Å². The minimum Gasteiger partial charge on any atom is -0.497 e. The van der Waals surface area contributed by atoms with Crippen molar-refractivity contribution in [1.29, 1.82) is 0 Å². The molecule has 3 rings (SSSR count). The molecule has 25 heavy (non-hydrogen) atoms. The van der Waals surface area contributed by atoms with Crippen molar-refractivity contribution in [3.63, 3.8) is 0 Å². The van der Waals surface area contributed by atoms with E-state index in [2.05, 4.69) is 61.3 Å². The lowest BCUT2D eigenvalue weighted by Gasteiger charge is -2.09. The van der Waals surface area contributed by atoms with Crippen LogP contribution in [-0.4, -0.2) is 21.6 Å². The largest absolute Gasteiger partial charge is 0.497 e. The Morgan fingerprint density at radius 3 is 2.20 bits per heavy atom. The van der Waals surface area contributed by atoms with Crippen molar-refractivity contribution in [2.24, 2.45) is 5.92 Å². The van der Waals surface area contributed by atoms with Gasteiger partial charge in [-0.1, -0.05) is 34.6 Å². The summed E-state index contributed by atoms with van der Waals surface area (Å²) in [6, 6.07) is 10.1. The Balaban J connectivity index is 0.000000511. The molecular weight excluding hydrogens is 310 g/mol. The van der Waals surface area contributed by atoms with Gasteiger partial charge in [-0.15, -0.1) is 0 Å². The average molecular weight is 339 g/mol. The van der Waals surface area contributed by atoms with Crippen molar-refractivity contribution in [2.75, 3.05) is 7.11 Å². The first-order valence-corrected chi connectivity index (χ1v) is 8.83. The van der Waals surface area contributed by atoms with Crippen LogP contribution in [0.5, 0.6) is 5.75 Å². The first kappa shape index (κ1) is 19.0. The zero-order valence-corrected chi connectivity index (χ0v) is 16.4. The highest BCUT2D eigenvalue weighted by Crippen LogP contribution is 2.25. The maximum Gasteiger partial charge on any atom is 0.121 e. The quantitative estimate of drug-likeness (QED) is 0.630. The van der Waals surface area contributed by atoms with Gasteiger partial charge in [-0.25, -0.2) is 4.98 Å². The average Bonchev–Trinajstić information content (AvgIpc) is 2.89. The molecule has 0 bridgehead atoms. The van der Waals surface area contributed by atoms with Crippen molar-refractivity contribution >= 4 is 11.0 Å². The number of hydrogen-bond donors (Lipinski definition) is 0. The minimum absolute atomic E-state index is 0.434. The summed E-state index contributed by atoms with van der Waals surface area (Å²) in [4.78, 5) is 9.15. The van der Waals surface area contributed by atoms with Crippen LogP contribution in [0, 0.1) is 12.8 Å². The monoisotopic (exact) mass is 339 g/mol. The fourth-order valence-electron chi connectivity index (χ4n) is 2.50. The van der Waals surface area contributed by atoms with Crippen LogP contribution in [0.25, 0.3) is 16.7 Å². The Labute approximate surface area is 150 Å². The summed E-state index contributed by atoms with van der Waals surface area (Å²) in [5, 5.41) is 0. The van der Waals surface area contributed by atoms with Crippen LogP contribution in [0.4, 0.5) is 0 Å². The molecule has 0 saturated heterocycles. The third-order valence-electron chi connectivity index (χ3n) is 3.65. The Morgan fingerprint density at radius 1 is 1.00 bits per heavy atom. The predicted molar refractivity (Wildman–Crippen MR) is 105 cm³/mol. The second-order valence-electron chi connectivity index (χ2n) is 7.18. The standard InChI is InChI=1S/C17H19N3O.C4H10/c1-11(2)15-7-5-13(10-18-15)20-12(3)19-16-9-14(21-4)6-8-17(16)20;1-4(2)3/h5-11H,1-4H3;4H,1-3H3. The summed E-state index contributed by atoms with van der Waals surface area (Å²) in [7, 11) is 1.67. The van der Waals surface area contributed by atoms with Gasteiger partial charge < -0.3 is 4.74 Å². The number of pyridine rings is 1. The summed E-state index contributed by atoms with van der Waals surface area (Å²) in [6.45, 7) is 12.8. The SMILES string of the molecule is CC(C)C.COc1ccc2c(c1)nc(C)n2-c1ccc(C(C)C)nc1. The Bertz CT molecular complexity index is 814. The van der Waals surface area contributed by atoms with Gasteiger partial charge in [0.15, 0.2) is 0 Å². The molecule has 0 spiro atoms. The van der Waals surface area contributed by atoms with Gasteiger partial charge in [-0.3, -0.25) is 9.55 Å².